The van der Waals surface area contributed by atoms with E-state index in [1.807, 2.05) is 13.0 Å². The maximum atomic E-state index is 13.4. The van der Waals surface area contributed by atoms with Gasteiger partial charge in [-0.3, -0.25) is 10.5 Å². The third-order valence-electron chi connectivity index (χ3n) is 2.61. The van der Waals surface area contributed by atoms with Crippen molar-refractivity contribution in [2.45, 2.75) is 13.0 Å². The third-order valence-corrected chi connectivity index (χ3v) is 2.61. The lowest BCUT2D eigenvalue weighted by atomic mass is 10.0. The number of halogens is 1. The minimum absolute atomic E-state index is 0.282. The van der Waals surface area contributed by atoms with Crippen LogP contribution in [0.2, 0.25) is 0 Å². The van der Waals surface area contributed by atoms with Crippen LogP contribution in [-0.2, 0) is 7.05 Å². The van der Waals surface area contributed by atoms with E-state index in [9.17, 15) is 4.39 Å². The molecule has 0 saturated heterocycles. The molecular weight excluding hydrogens is 221 g/mol. The van der Waals surface area contributed by atoms with Crippen molar-refractivity contribution in [1.29, 1.82) is 0 Å². The van der Waals surface area contributed by atoms with Crippen molar-refractivity contribution in [3.63, 3.8) is 0 Å². The van der Waals surface area contributed by atoms with Gasteiger partial charge in [-0.25, -0.2) is 9.82 Å². The highest BCUT2D eigenvalue weighted by molar-refractivity contribution is 5.30. The number of benzene rings is 1. The topological polar surface area (TPSA) is 68.8 Å². The Labute approximate surface area is 98.4 Å². The molecule has 0 aliphatic rings. The summed E-state index contributed by atoms with van der Waals surface area (Å²) in [6, 6.07) is 4.47. The summed E-state index contributed by atoms with van der Waals surface area (Å²) in [6.07, 6.45) is 1.60. The predicted molar refractivity (Wildman–Crippen MR) is 61.3 cm³/mol. The number of rotatable bonds is 3. The summed E-state index contributed by atoms with van der Waals surface area (Å²) >= 11 is 0. The minimum Gasteiger partial charge on any atom is -0.271 e. The van der Waals surface area contributed by atoms with Crippen molar-refractivity contribution in [3.05, 3.63) is 47.0 Å². The van der Waals surface area contributed by atoms with Gasteiger partial charge in [-0.2, -0.15) is 0 Å². The second kappa shape index (κ2) is 4.60. The van der Waals surface area contributed by atoms with E-state index in [2.05, 4.69) is 15.7 Å². The number of aryl methyl sites for hydroxylation is 2. The van der Waals surface area contributed by atoms with Crippen LogP contribution in [0.5, 0.6) is 0 Å². The Bertz CT molecular complexity index is 502. The molecule has 0 spiro atoms. The molecule has 0 saturated carbocycles. The van der Waals surface area contributed by atoms with Crippen molar-refractivity contribution in [2.24, 2.45) is 12.9 Å². The number of nitrogens with one attached hydrogen (secondary N) is 1. The van der Waals surface area contributed by atoms with Gasteiger partial charge in [-0.15, -0.1) is 5.10 Å². The van der Waals surface area contributed by atoms with Crippen LogP contribution in [0.1, 0.15) is 22.9 Å². The maximum absolute atomic E-state index is 13.4. The summed E-state index contributed by atoms with van der Waals surface area (Å²) in [4.78, 5) is 0. The number of aromatic nitrogens is 3. The van der Waals surface area contributed by atoms with Gasteiger partial charge < -0.3 is 0 Å². The van der Waals surface area contributed by atoms with Crippen molar-refractivity contribution in [1.82, 2.24) is 20.4 Å². The van der Waals surface area contributed by atoms with E-state index >= 15 is 0 Å². The van der Waals surface area contributed by atoms with Gasteiger partial charge in [0.25, 0.3) is 0 Å². The predicted octanol–water partition coefficient (Wildman–Crippen LogP) is 0.815. The first-order valence-corrected chi connectivity index (χ1v) is 5.19. The third kappa shape index (κ3) is 2.32. The van der Waals surface area contributed by atoms with Gasteiger partial charge >= 0.3 is 0 Å². The molecule has 17 heavy (non-hydrogen) atoms. The quantitative estimate of drug-likeness (QED) is 0.610. The van der Waals surface area contributed by atoms with Gasteiger partial charge in [0.05, 0.1) is 17.9 Å². The van der Waals surface area contributed by atoms with Crippen LogP contribution < -0.4 is 11.3 Å². The lowest BCUT2D eigenvalue weighted by molar-refractivity contribution is 0.562. The van der Waals surface area contributed by atoms with E-state index in [0.29, 0.717) is 0 Å². The monoisotopic (exact) mass is 235 g/mol. The molecule has 0 bridgehead atoms. The van der Waals surface area contributed by atoms with Crippen LogP contribution in [0.3, 0.4) is 0 Å². The molecule has 1 aromatic heterocycles. The average molecular weight is 235 g/mol. The minimum atomic E-state index is -0.329. The van der Waals surface area contributed by atoms with E-state index in [1.54, 1.807) is 17.9 Å². The van der Waals surface area contributed by atoms with Crippen LogP contribution >= 0.6 is 0 Å². The maximum Gasteiger partial charge on any atom is 0.123 e. The van der Waals surface area contributed by atoms with E-state index in [0.717, 1.165) is 16.8 Å². The van der Waals surface area contributed by atoms with Crippen molar-refractivity contribution in [3.8, 4) is 0 Å². The molecule has 0 aliphatic heterocycles. The molecule has 2 rings (SSSR count). The Morgan fingerprint density at radius 2 is 2.18 bits per heavy atom. The zero-order valence-electron chi connectivity index (χ0n) is 9.68. The Hall–Kier alpha value is -1.79. The summed E-state index contributed by atoms with van der Waals surface area (Å²) in [6.45, 7) is 1.83. The SMILES string of the molecule is Cc1cc(F)cc(C(NN)c2cnnn2C)c1. The smallest absolute Gasteiger partial charge is 0.123 e. The van der Waals surface area contributed by atoms with Gasteiger partial charge in [0, 0.05) is 7.05 Å². The number of hydrazine groups is 1. The van der Waals surface area contributed by atoms with E-state index in [-0.39, 0.29) is 11.9 Å². The standard InChI is InChI=1S/C11H14FN5/c1-7-3-8(5-9(12)4-7)11(15-13)10-6-14-16-17(10)2/h3-6,11,15H,13H2,1-2H3. The molecule has 1 atom stereocenters. The summed E-state index contributed by atoms with van der Waals surface area (Å²) in [7, 11) is 1.76. The molecule has 90 valence electrons. The van der Waals surface area contributed by atoms with Crippen LogP contribution in [0.25, 0.3) is 0 Å². The van der Waals surface area contributed by atoms with Crippen LogP contribution in [0.15, 0.2) is 24.4 Å². The molecule has 5 nitrogen and oxygen atoms in total. The second-order valence-electron chi connectivity index (χ2n) is 3.94. The fraction of sp³-hybridized carbons (Fsp3) is 0.273. The lowest BCUT2D eigenvalue weighted by Gasteiger charge is -2.16. The van der Waals surface area contributed by atoms with Crippen molar-refractivity contribution < 1.29 is 4.39 Å². The zero-order chi connectivity index (χ0) is 12.4. The number of nitrogens with zero attached hydrogens (tertiary/aromatic N) is 3. The van der Waals surface area contributed by atoms with E-state index < -0.39 is 0 Å². The van der Waals surface area contributed by atoms with Crippen LogP contribution in [0, 0.1) is 12.7 Å². The first kappa shape index (κ1) is 11.7. The Kier molecular flexibility index (Phi) is 3.16. The molecule has 1 heterocycles. The average Bonchev–Trinajstić information content (AvgIpc) is 2.65. The second-order valence-corrected chi connectivity index (χ2v) is 3.94. The Balaban J connectivity index is 2.45. The molecule has 1 aromatic carbocycles. The zero-order valence-corrected chi connectivity index (χ0v) is 9.68. The van der Waals surface area contributed by atoms with Crippen molar-refractivity contribution >= 4 is 0 Å². The van der Waals surface area contributed by atoms with Gasteiger partial charge in [0.15, 0.2) is 0 Å². The summed E-state index contributed by atoms with van der Waals surface area (Å²) in [5.41, 5.74) is 5.01. The first-order valence-electron chi connectivity index (χ1n) is 5.19. The summed E-state index contributed by atoms with van der Waals surface area (Å²) < 4.78 is 15.0. The van der Waals surface area contributed by atoms with Gasteiger partial charge in [0.2, 0.25) is 0 Å². The van der Waals surface area contributed by atoms with Gasteiger partial charge in [-0.1, -0.05) is 11.3 Å². The molecule has 0 amide bonds. The first-order chi connectivity index (χ1) is 8.11. The molecule has 0 fully saturated rings. The van der Waals surface area contributed by atoms with Gasteiger partial charge in [-0.05, 0) is 30.2 Å². The molecular formula is C11H14FN5. The van der Waals surface area contributed by atoms with Crippen molar-refractivity contribution in [2.75, 3.05) is 0 Å². The number of nitrogens with two attached hydrogens (primary N) is 1. The Morgan fingerprint density at radius 1 is 1.41 bits per heavy atom. The fourth-order valence-electron chi connectivity index (χ4n) is 1.84. The summed E-state index contributed by atoms with van der Waals surface area (Å²) in [5.74, 6) is 5.24. The fourth-order valence-corrected chi connectivity index (χ4v) is 1.84. The highest BCUT2D eigenvalue weighted by Gasteiger charge is 2.17. The van der Waals surface area contributed by atoms with E-state index in [1.165, 1.54) is 12.1 Å². The number of hydrogen-bond donors (Lipinski definition) is 2. The highest BCUT2D eigenvalue weighted by atomic mass is 19.1. The molecule has 3 N–H and O–H groups in total. The molecule has 0 aliphatic carbocycles. The Morgan fingerprint density at radius 3 is 2.71 bits per heavy atom. The van der Waals surface area contributed by atoms with Crippen LogP contribution in [-0.4, -0.2) is 15.0 Å². The highest BCUT2D eigenvalue weighted by Crippen LogP contribution is 2.21. The molecule has 1 unspecified atom stereocenters. The lowest BCUT2D eigenvalue weighted by Crippen LogP contribution is -2.30. The van der Waals surface area contributed by atoms with Gasteiger partial charge in [0.1, 0.15) is 5.82 Å². The summed E-state index contributed by atoms with van der Waals surface area (Å²) in [5, 5.41) is 7.62. The normalized spacial score (nSPS) is 12.7. The molecule has 2 aromatic rings. The molecule has 0 radical (unpaired) electrons. The largest absolute Gasteiger partial charge is 0.271 e. The molecule has 6 heteroatoms. The number of hydrogen-bond acceptors (Lipinski definition) is 4. The van der Waals surface area contributed by atoms with Crippen LogP contribution in [0.4, 0.5) is 4.39 Å². The van der Waals surface area contributed by atoms with E-state index in [4.69, 9.17) is 5.84 Å².